The highest BCUT2D eigenvalue weighted by Crippen LogP contribution is 2.44. The third-order valence-electron chi connectivity index (χ3n) is 1.80. The minimum absolute atomic E-state index is 0.185. The monoisotopic (exact) mass is 321 g/mol. The van der Waals surface area contributed by atoms with Gasteiger partial charge in [-0.15, -0.1) is 0 Å². The zero-order chi connectivity index (χ0) is 10.3. The van der Waals surface area contributed by atoms with Gasteiger partial charge in [0.15, 0.2) is 0 Å². The van der Waals surface area contributed by atoms with E-state index >= 15 is 0 Å². The summed E-state index contributed by atoms with van der Waals surface area (Å²) in [5, 5.41) is 20.4. The van der Waals surface area contributed by atoms with Crippen molar-refractivity contribution in [3.05, 3.63) is 31.9 Å². The summed E-state index contributed by atoms with van der Waals surface area (Å²) in [7, 11) is 0. The van der Waals surface area contributed by atoms with E-state index in [-0.39, 0.29) is 10.8 Å². The molecule has 0 bridgehead atoms. The van der Waals surface area contributed by atoms with Crippen LogP contribution >= 0.6 is 33.9 Å². The number of nitrogens with zero attached hydrogens (tertiary/aromatic N) is 1. The molecule has 1 aromatic carbocycles. The van der Waals surface area contributed by atoms with Crippen LogP contribution in [0.5, 0.6) is 5.06 Å². The van der Waals surface area contributed by atoms with E-state index in [9.17, 15) is 15.2 Å². The van der Waals surface area contributed by atoms with E-state index in [0.717, 1.165) is 19.6 Å². The fourth-order valence-corrected chi connectivity index (χ4v) is 3.12. The van der Waals surface area contributed by atoms with Crippen LogP contribution in [0.4, 0.5) is 5.69 Å². The number of benzene rings is 1. The standard InChI is InChI=1S/C8H4INO3S/c9-4-2-1-3-5-6(4)7(10(12)13)8(11)14-5/h1-3,11H. The van der Waals surface area contributed by atoms with Gasteiger partial charge in [0.25, 0.3) is 5.06 Å². The van der Waals surface area contributed by atoms with E-state index in [1.165, 1.54) is 0 Å². The summed E-state index contributed by atoms with van der Waals surface area (Å²) < 4.78 is 1.52. The smallest absolute Gasteiger partial charge is 0.331 e. The molecule has 1 aromatic heterocycles. The van der Waals surface area contributed by atoms with Crippen LogP contribution in [0, 0.1) is 13.7 Å². The Morgan fingerprint density at radius 2 is 2.21 bits per heavy atom. The van der Waals surface area contributed by atoms with Crippen molar-refractivity contribution in [1.29, 1.82) is 0 Å². The van der Waals surface area contributed by atoms with Crippen molar-refractivity contribution in [2.75, 3.05) is 0 Å². The van der Waals surface area contributed by atoms with Gasteiger partial charge in [0.2, 0.25) is 0 Å². The molecule has 0 radical (unpaired) electrons. The Kier molecular flexibility index (Phi) is 2.31. The molecule has 0 fully saturated rings. The summed E-state index contributed by atoms with van der Waals surface area (Å²) in [6, 6.07) is 5.35. The van der Waals surface area contributed by atoms with Gasteiger partial charge in [-0.3, -0.25) is 10.1 Å². The first kappa shape index (κ1) is 9.66. The molecule has 0 aliphatic heterocycles. The highest BCUT2D eigenvalue weighted by molar-refractivity contribution is 14.1. The van der Waals surface area contributed by atoms with Crippen LogP contribution in [0.25, 0.3) is 10.1 Å². The van der Waals surface area contributed by atoms with E-state index in [4.69, 9.17) is 0 Å². The fourth-order valence-electron chi connectivity index (χ4n) is 1.25. The maximum Gasteiger partial charge on any atom is 0.331 e. The van der Waals surface area contributed by atoms with Crippen LogP contribution in [0.15, 0.2) is 18.2 Å². The van der Waals surface area contributed by atoms with Crippen LogP contribution in [0.1, 0.15) is 0 Å². The summed E-state index contributed by atoms with van der Waals surface area (Å²) in [5.41, 5.74) is -0.185. The van der Waals surface area contributed by atoms with Crippen molar-refractivity contribution in [2.24, 2.45) is 0 Å². The van der Waals surface area contributed by atoms with E-state index in [2.05, 4.69) is 0 Å². The SMILES string of the molecule is O=[N+]([O-])c1c(O)sc2cccc(I)c12. The molecule has 2 rings (SSSR count). The van der Waals surface area contributed by atoms with Gasteiger partial charge in [-0.25, -0.2) is 0 Å². The van der Waals surface area contributed by atoms with Crippen molar-refractivity contribution in [3.8, 4) is 5.06 Å². The molecule has 14 heavy (non-hydrogen) atoms. The van der Waals surface area contributed by atoms with Gasteiger partial charge in [-0.1, -0.05) is 17.4 Å². The summed E-state index contributed by atoms with van der Waals surface area (Å²) in [4.78, 5) is 10.2. The van der Waals surface area contributed by atoms with Gasteiger partial charge >= 0.3 is 5.69 Å². The molecule has 6 heteroatoms. The molecule has 0 saturated carbocycles. The first-order valence-electron chi connectivity index (χ1n) is 3.65. The Balaban J connectivity index is 2.93. The van der Waals surface area contributed by atoms with Crippen molar-refractivity contribution < 1.29 is 10.0 Å². The van der Waals surface area contributed by atoms with Gasteiger partial charge in [0.1, 0.15) is 0 Å². The molecule has 0 saturated heterocycles. The molecule has 0 unspecified atom stereocenters. The summed E-state index contributed by atoms with van der Waals surface area (Å²) in [6.45, 7) is 0. The van der Waals surface area contributed by atoms with E-state index in [0.29, 0.717) is 5.39 Å². The summed E-state index contributed by atoms with van der Waals surface area (Å²) in [6.07, 6.45) is 0. The Bertz CT molecular complexity index is 523. The second-order valence-electron chi connectivity index (χ2n) is 2.63. The average molecular weight is 321 g/mol. The fraction of sp³-hybridized carbons (Fsp3) is 0. The molecule has 0 aliphatic rings. The second-order valence-corrected chi connectivity index (χ2v) is 4.82. The number of aromatic hydroxyl groups is 1. The van der Waals surface area contributed by atoms with Gasteiger partial charge in [0, 0.05) is 8.27 Å². The minimum atomic E-state index is -0.545. The third-order valence-corrected chi connectivity index (χ3v) is 3.65. The molecular formula is C8H4INO3S. The van der Waals surface area contributed by atoms with E-state index in [1.54, 1.807) is 12.1 Å². The minimum Gasteiger partial charge on any atom is -0.495 e. The van der Waals surface area contributed by atoms with Crippen molar-refractivity contribution in [3.63, 3.8) is 0 Å². The van der Waals surface area contributed by atoms with Crippen molar-refractivity contribution in [1.82, 2.24) is 0 Å². The molecule has 4 nitrogen and oxygen atoms in total. The predicted octanol–water partition coefficient (Wildman–Crippen LogP) is 3.12. The maximum atomic E-state index is 10.7. The van der Waals surface area contributed by atoms with Crippen LogP contribution in [0.3, 0.4) is 0 Å². The number of hydrogen-bond donors (Lipinski definition) is 1. The van der Waals surface area contributed by atoms with Gasteiger partial charge in [0.05, 0.1) is 10.3 Å². The van der Waals surface area contributed by atoms with Crippen molar-refractivity contribution >= 4 is 49.7 Å². The average Bonchev–Trinajstić information content (AvgIpc) is 2.42. The Morgan fingerprint density at radius 3 is 2.86 bits per heavy atom. The number of halogens is 1. The zero-order valence-electron chi connectivity index (χ0n) is 6.73. The van der Waals surface area contributed by atoms with Crippen LogP contribution in [0.2, 0.25) is 0 Å². The number of rotatable bonds is 1. The van der Waals surface area contributed by atoms with Crippen LogP contribution in [-0.4, -0.2) is 10.0 Å². The number of fused-ring (bicyclic) bond motifs is 1. The molecule has 2 aromatic rings. The lowest BCUT2D eigenvalue weighted by atomic mass is 10.2. The lowest BCUT2D eigenvalue weighted by molar-refractivity contribution is -0.383. The van der Waals surface area contributed by atoms with Gasteiger partial charge < -0.3 is 5.11 Å². The molecule has 0 amide bonds. The molecule has 0 aliphatic carbocycles. The quantitative estimate of drug-likeness (QED) is 0.499. The van der Waals surface area contributed by atoms with E-state index < -0.39 is 4.92 Å². The lowest BCUT2D eigenvalue weighted by Gasteiger charge is -1.92. The topological polar surface area (TPSA) is 63.4 Å². The maximum absolute atomic E-state index is 10.7. The summed E-state index contributed by atoms with van der Waals surface area (Å²) >= 11 is 3.05. The van der Waals surface area contributed by atoms with Crippen LogP contribution in [-0.2, 0) is 0 Å². The molecule has 0 spiro atoms. The second kappa shape index (κ2) is 3.35. The molecular weight excluding hydrogens is 317 g/mol. The number of thiophene rings is 1. The molecule has 72 valence electrons. The largest absolute Gasteiger partial charge is 0.495 e. The number of nitro groups is 1. The van der Waals surface area contributed by atoms with Crippen LogP contribution < -0.4 is 0 Å². The Labute approximate surface area is 96.5 Å². The molecule has 1 heterocycles. The van der Waals surface area contributed by atoms with Gasteiger partial charge in [-0.2, -0.15) is 0 Å². The van der Waals surface area contributed by atoms with E-state index in [1.807, 2.05) is 28.7 Å². The molecule has 0 atom stereocenters. The van der Waals surface area contributed by atoms with Gasteiger partial charge in [-0.05, 0) is 34.7 Å². The predicted molar refractivity (Wildman–Crippen MR) is 62.9 cm³/mol. The highest BCUT2D eigenvalue weighted by Gasteiger charge is 2.23. The Hall–Kier alpha value is -0.890. The van der Waals surface area contributed by atoms with Crippen molar-refractivity contribution in [2.45, 2.75) is 0 Å². The highest BCUT2D eigenvalue weighted by atomic mass is 127. The number of hydrogen-bond acceptors (Lipinski definition) is 4. The Morgan fingerprint density at radius 1 is 1.50 bits per heavy atom. The lowest BCUT2D eigenvalue weighted by Crippen LogP contribution is -1.87. The summed E-state index contributed by atoms with van der Waals surface area (Å²) in [5.74, 6) is 0. The zero-order valence-corrected chi connectivity index (χ0v) is 9.70. The first-order chi connectivity index (χ1) is 6.61. The normalized spacial score (nSPS) is 10.6. The third kappa shape index (κ3) is 1.34. The first-order valence-corrected chi connectivity index (χ1v) is 5.55. The molecule has 1 N–H and O–H groups in total.